The van der Waals surface area contributed by atoms with Crippen LogP contribution in [0.15, 0.2) is 59.5 Å². The standard InChI is InChI=1S/C30H47N2O4S.HI/c1-5-6-7-8-9-10-11-13-16-26-19-21-29(22-20-26)37(34,35)31-28(24-32(2,3)4)23-30(33)36-25-27-17-14-12-15-18-27;/h12,14-15,17-22,28,31H,5-11,13,16,23-25H2,1-4H3;1H/q+1;/p-1/t28-;/m1./s1. The molecule has 214 valence electrons. The number of carbonyl (C=O) groups is 1. The highest BCUT2D eigenvalue weighted by Gasteiger charge is 2.27. The Morgan fingerprint density at radius 1 is 0.842 bits per heavy atom. The third-order valence-electron chi connectivity index (χ3n) is 6.30. The summed E-state index contributed by atoms with van der Waals surface area (Å²) >= 11 is 0. The number of carbonyl (C=O) groups excluding carboxylic acids is 1. The SMILES string of the molecule is CCCCCCCCCCc1ccc(S(=O)(=O)N[C@H](CC(=O)OCc2ccccc2)C[N+](C)(C)C)cc1.[I-]. The molecule has 0 bridgehead atoms. The molecule has 0 saturated heterocycles. The Morgan fingerprint density at radius 3 is 2.00 bits per heavy atom. The van der Waals surface area contributed by atoms with Gasteiger partial charge in [-0.05, 0) is 36.1 Å². The zero-order chi connectivity index (χ0) is 27.2. The first-order valence-electron chi connectivity index (χ1n) is 13.7. The highest BCUT2D eigenvalue weighted by molar-refractivity contribution is 7.89. The number of benzene rings is 2. The summed E-state index contributed by atoms with van der Waals surface area (Å²) in [5, 5.41) is 0. The van der Waals surface area contributed by atoms with E-state index in [4.69, 9.17) is 4.74 Å². The van der Waals surface area contributed by atoms with Gasteiger partial charge in [0.15, 0.2) is 0 Å². The first-order chi connectivity index (χ1) is 17.6. The predicted molar refractivity (Wildman–Crippen MR) is 151 cm³/mol. The molecule has 0 amide bonds. The van der Waals surface area contributed by atoms with E-state index in [2.05, 4.69) is 11.6 Å². The maximum Gasteiger partial charge on any atom is 0.307 e. The molecule has 2 aromatic carbocycles. The van der Waals surface area contributed by atoms with Crippen molar-refractivity contribution in [3.63, 3.8) is 0 Å². The molecule has 0 heterocycles. The van der Waals surface area contributed by atoms with E-state index in [-0.39, 0.29) is 41.9 Å². The van der Waals surface area contributed by atoms with Crippen LogP contribution in [0.5, 0.6) is 0 Å². The van der Waals surface area contributed by atoms with Crippen LogP contribution in [0, 0.1) is 0 Å². The summed E-state index contributed by atoms with van der Waals surface area (Å²) in [6, 6.07) is 16.0. The second-order valence-corrected chi connectivity index (χ2v) is 12.7. The molecule has 6 nitrogen and oxygen atoms in total. The lowest BCUT2D eigenvalue weighted by Gasteiger charge is -2.29. The van der Waals surface area contributed by atoms with Crippen LogP contribution in [0.2, 0.25) is 0 Å². The molecule has 0 aromatic heterocycles. The number of hydrogen-bond donors (Lipinski definition) is 1. The van der Waals surface area contributed by atoms with Gasteiger partial charge in [-0.15, -0.1) is 0 Å². The van der Waals surface area contributed by atoms with Crippen LogP contribution >= 0.6 is 0 Å². The highest BCUT2D eigenvalue weighted by atomic mass is 127. The van der Waals surface area contributed by atoms with Gasteiger partial charge in [-0.1, -0.05) is 94.3 Å². The van der Waals surface area contributed by atoms with Crippen LogP contribution in [0.4, 0.5) is 0 Å². The van der Waals surface area contributed by atoms with Crippen LogP contribution in [-0.2, 0) is 32.6 Å². The summed E-state index contributed by atoms with van der Waals surface area (Å²) in [4.78, 5) is 12.7. The third kappa shape index (κ3) is 14.6. The monoisotopic (exact) mass is 658 g/mol. The van der Waals surface area contributed by atoms with Gasteiger partial charge in [0.25, 0.3) is 0 Å². The van der Waals surface area contributed by atoms with Crippen molar-refractivity contribution < 1.29 is 46.4 Å². The van der Waals surface area contributed by atoms with Crippen molar-refractivity contribution in [1.29, 1.82) is 0 Å². The van der Waals surface area contributed by atoms with Gasteiger partial charge in [0.05, 0.1) is 45.0 Å². The number of quaternary nitrogens is 1. The number of likely N-dealkylation sites (N-methyl/N-ethyl adjacent to an activating group) is 1. The van der Waals surface area contributed by atoms with E-state index in [1.165, 1.54) is 44.9 Å². The summed E-state index contributed by atoms with van der Waals surface area (Å²) in [5.41, 5.74) is 2.05. The molecule has 0 aliphatic carbocycles. The zero-order valence-electron chi connectivity index (χ0n) is 23.6. The minimum atomic E-state index is -3.77. The second kappa shape index (κ2) is 18.0. The van der Waals surface area contributed by atoms with Gasteiger partial charge >= 0.3 is 5.97 Å². The number of nitrogens with one attached hydrogen (secondary N) is 1. The van der Waals surface area contributed by atoms with E-state index in [0.717, 1.165) is 24.0 Å². The average molecular weight is 659 g/mol. The topological polar surface area (TPSA) is 72.5 Å². The quantitative estimate of drug-likeness (QED) is 0.116. The number of esters is 1. The van der Waals surface area contributed by atoms with Crippen molar-refractivity contribution in [2.24, 2.45) is 0 Å². The van der Waals surface area contributed by atoms with Crippen molar-refractivity contribution >= 4 is 16.0 Å². The number of ether oxygens (including phenoxy) is 1. The molecule has 0 radical (unpaired) electrons. The lowest BCUT2D eigenvalue weighted by atomic mass is 10.0. The molecule has 0 fully saturated rings. The van der Waals surface area contributed by atoms with E-state index >= 15 is 0 Å². The molecule has 0 aliphatic rings. The van der Waals surface area contributed by atoms with Crippen molar-refractivity contribution in [2.75, 3.05) is 27.7 Å². The van der Waals surface area contributed by atoms with Crippen molar-refractivity contribution in [2.45, 2.75) is 88.7 Å². The van der Waals surface area contributed by atoms with E-state index in [9.17, 15) is 13.2 Å². The van der Waals surface area contributed by atoms with Crippen LogP contribution in [0.3, 0.4) is 0 Å². The molecule has 1 atom stereocenters. The van der Waals surface area contributed by atoms with Gasteiger partial charge in [-0.3, -0.25) is 4.79 Å². The van der Waals surface area contributed by atoms with E-state index in [0.29, 0.717) is 11.0 Å². The summed E-state index contributed by atoms with van der Waals surface area (Å²) in [6.07, 6.45) is 11.1. The molecule has 0 saturated carbocycles. The smallest absolute Gasteiger partial charge is 0.307 e. The number of unbranched alkanes of at least 4 members (excludes halogenated alkanes) is 7. The predicted octanol–water partition coefficient (Wildman–Crippen LogP) is 2.86. The molecule has 38 heavy (non-hydrogen) atoms. The minimum absolute atomic E-state index is 0. The fourth-order valence-electron chi connectivity index (χ4n) is 4.39. The van der Waals surface area contributed by atoms with Gasteiger partial charge in [0.1, 0.15) is 6.61 Å². The molecule has 2 aromatic rings. The molecular formula is C30H47IN2O4S. The Hall–Kier alpha value is -1.49. The lowest BCUT2D eigenvalue weighted by Crippen LogP contribution is -3.00. The summed E-state index contributed by atoms with van der Waals surface area (Å²) in [6.45, 7) is 2.86. The Balaban J connectivity index is 0.00000722. The first kappa shape index (κ1) is 34.5. The van der Waals surface area contributed by atoms with Crippen molar-refractivity contribution in [1.82, 2.24) is 4.72 Å². The molecular weight excluding hydrogens is 611 g/mol. The maximum atomic E-state index is 13.1. The highest BCUT2D eigenvalue weighted by Crippen LogP contribution is 2.16. The molecule has 0 aliphatic heterocycles. The third-order valence-corrected chi connectivity index (χ3v) is 7.83. The largest absolute Gasteiger partial charge is 1.00 e. The van der Waals surface area contributed by atoms with Gasteiger partial charge in [-0.25, -0.2) is 13.1 Å². The molecule has 1 N–H and O–H groups in total. The number of sulfonamides is 1. The number of nitrogens with zero attached hydrogens (tertiary/aromatic N) is 1. The Morgan fingerprint density at radius 2 is 1.42 bits per heavy atom. The average Bonchev–Trinajstić information content (AvgIpc) is 2.84. The minimum Gasteiger partial charge on any atom is -1.00 e. The van der Waals surface area contributed by atoms with Gasteiger partial charge in [0.2, 0.25) is 10.0 Å². The van der Waals surface area contributed by atoms with Crippen molar-refractivity contribution in [3.8, 4) is 0 Å². The lowest BCUT2D eigenvalue weighted by molar-refractivity contribution is -0.871. The van der Waals surface area contributed by atoms with E-state index in [1.807, 2.05) is 63.6 Å². The summed E-state index contributed by atoms with van der Waals surface area (Å²) < 4.78 is 34.9. The van der Waals surface area contributed by atoms with Crippen LogP contribution in [0.25, 0.3) is 0 Å². The van der Waals surface area contributed by atoms with Crippen LogP contribution in [-0.4, -0.2) is 52.6 Å². The normalized spacial score (nSPS) is 12.5. The number of rotatable bonds is 18. The molecule has 0 spiro atoms. The van der Waals surface area contributed by atoms with Crippen molar-refractivity contribution in [3.05, 3.63) is 65.7 Å². The van der Waals surface area contributed by atoms with Crippen LogP contribution < -0.4 is 28.7 Å². The molecule has 0 unspecified atom stereocenters. The first-order valence-corrected chi connectivity index (χ1v) is 15.2. The fraction of sp³-hybridized carbons (Fsp3) is 0.567. The molecule has 8 heteroatoms. The van der Waals surface area contributed by atoms with E-state index < -0.39 is 22.0 Å². The van der Waals surface area contributed by atoms with E-state index in [1.54, 1.807) is 12.1 Å². The molecule has 2 rings (SSSR count). The van der Waals surface area contributed by atoms with Gasteiger partial charge in [0, 0.05) is 0 Å². The number of halogens is 1. The van der Waals surface area contributed by atoms with Crippen LogP contribution in [0.1, 0.15) is 75.8 Å². The summed E-state index contributed by atoms with van der Waals surface area (Å²) in [5.74, 6) is -0.425. The summed E-state index contributed by atoms with van der Waals surface area (Å²) in [7, 11) is 2.14. The number of aryl methyl sites for hydroxylation is 1. The Labute approximate surface area is 248 Å². The zero-order valence-corrected chi connectivity index (χ0v) is 26.6. The second-order valence-electron chi connectivity index (χ2n) is 11.0. The Kier molecular flexibility index (Phi) is 16.3. The number of hydrogen-bond acceptors (Lipinski definition) is 4. The Bertz CT molecular complexity index is 1020. The maximum absolute atomic E-state index is 13.1. The van der Waals surface area contributed by atoms with Gasteiger partial charge < -0.3 is 33.2 Å². The van der Waals surface area contributed by atoms with Gasteiger partial charge in [-0.2, -0.15) is 0 Å². The fourth-order valence-corrected chi connectivity index (χ4v) is 5.62.